The Labute approximate surface area is 80.6 Å². The second-order valence-electron chi connectivity index (χ2n) is 3.52. The van der Waals surface area contributed by atoms with Crippen LogP contribution in [-0.2, 0) is 0 Å². The molecule has 2 nitrogen and oxygen atoms in total. The molecule has 0 saturated heterocycles. The SMILES string of the molecule is CNc1cccc(C(C)N(C)C)c1. The Morgan fingerprint density at radius 1 is 1.31 bits per heavy atom. The molecule has 1 aromatic carbocycles. The van der Waals surface area contributed by atoms with Gasteiger partial charge in [0.05, 0.1) is 0 Å². The van der Waals surface area contributed by atoms with E-state index in [1.54, 1.807) is 0 Å². The van der Waals surface area contributed by atoms with Crippen molar-refractivity contribution in [3.63, 3.8) is 0 Å². The summed E-state index contributed by atoms with van der Waals surface area (Å²) >= 11 is 0. The molecule has 2 heteroatoms. The van der Waals surface area contributed by atoms with Gasteiger partial charge in [-0.2, -0.15) is 0 Å². The highest BCUT2D eigenvalue weighted by Gasteiger charge is 2.06. The smallest absolute Gasteiger partial charge is 0.0340 e. The van der Waals surface area contributed by atoms with Crippen LogP contribution in [-0.4, -0.2) is 26.0 Å². The van der Waals surface area contributed by atoms with E-state index in [0.717, 1.165) is 0 Å². The maximum absolute atomic E-state index is 3.14. The van der Waals surface area contributed by atoms with E-state index in [1.807, 2.05) is 7.05 Å². The maximum Gasteiger partial charge on any atom is 0.0340 e. The first-order valence-corrected chi connectivity index (χ1v) is 4.59. The van der Waals surface area contributed by atoms with E-state index in [4.69, 9.17) is 0 Å². The van der Waals surface area contributed by atoms with Crippen molar-refractivity contribution in [3.05, 3.63) is 29.8 Å². The predicted octanol–water partition coefficient (Wildman–Crippen LogP) is 2.35. The fraction of sp³-hybridized carbons (Fsp3) is 0.455. The van der Waals surface area contributed by atoms with E-state index in [-0.39, 0.29) is 0 Å². The second-order valence-corrected chi connectivity index (χ2v) is 3.52. The van der Waals surface area contributed by atoms with Crippen LogP contribution >= 0.6 is 0 Å². The Morgan fingerprint density at radius 2 is 2.00 bits per heavy atom. The summed E-state index contributed by atoms with van der Waals surface area (Å²) in [5, 5.41) is 3.14. The molecule has 0 spiro atoms. The third-order valence-corrected chi connectivity index (χ3v) is 2.43. The van der Waals surface area contributed by atoms with Crippen molar-refractivity contribution in [2.45, 2.75) is 13.0 Å². The average Bonchev–Trinajstić information content (AvgIpc) is 2.16. The standard InChI is InChI=1S/C11H18N2/c1-9(13(3)4)10-6-5-7-11(8-10)12-2/h5-9,12H,1-4H3. The van der Waals surface area contributed by atoms with Crippen molar-refractivity contribution in [1.82, 2.24) is 4.90 Å². The van der Waals surface area contributed by atoms with Gasteiger partial charge in [-0.1, -0.05) is 12.1 Å². The summed E-state index contributed by atoms with van der Waals surface area (Å²) in [6.45, 7) is 2.20. The van der Waals surface area contributed by atoms with Gasteiger partial charge >= 0.3 is 0 Å². The molecule has 0 bridgehead atoms. The van der Waals surface area contributed by atoms with Crippen LogP contribution in [0.2, 0.25) is 0 Å². The van der Waals surface area contributed by atoms with Crippen molar-refractivity contribution in [2.75, 3.05) is 26.5 Å². The van der Waals surface area contributed by atoms with Crippen LogP contribution in [0.1, 0.15) is 18.5 Å². The lowest BCUT2D eigenvalue weighted by molar-refractivity contribution is 0.321. The fourth-order valence-corrected chi connectivity index (χ4v) is 1.25. The highest BCUT2D eigenvalue weighted by atomic mass is 15.1. The summed E-state index contributed by atoms with van der Waals surface area (Å²) in [4.78, 5) is 2.20. The number of hydrogen-bond donors (Lipinski definition) is 1. The Hall–Kier alpha value is -1.02. The van der Waals surface area contributed by atoms with E-state index in [1.165, 1.54) is 11.3 Å². The first-order chi connectivity index (χ1) is 6.15. The molecule has 1 aromatic rings. The Kier molecular flexibility index (Phi) is 3.32. The topological polar surface area (TPSA) is 15.3 Å². The largest absolute Gasteiger partial charge is 0.388 e. The summed E-state index contributed by atoms with van der Waals surface area (Å²) in [7, 11) is 6.13. The van der Waals surface area contributed by atoms with Crippen molar-refractivity contribution < 1.29 is 0 Å². The minimum absolute atomic E-state index is 0.466. The lowest BCUT2D eigenvalue weighted by atomic mass is 10.1. The maximum atomic E-state index is 3.14. The summed E-state index contributed by atoms with van der Waals surface area (Å²) < 4.78 is 0. The Bertz CT molecular complexity index is 269. The first kappa shape index (κ1) is 10.1. The zero-order valence-electron chi connectivity index (χ0n) is 8.83. The molecule has 0 fully saturated rings. The van der Waals surface area contributed by atoms with E-state index in [9.17, 15) is 0 Å². The van der Waals surface area contributed by atoms with E-state index in [0.29, 0.717) is 6.04 Å². The fourth-order valence-electron chi connectivity index (χ4n) is 1.25. The van der Waals surface area contributed by atoms with Gasteiger partial charge in [-0.3, -0.25) is 0 Å². The molecular formula is C11H18N2. The zero-order chi connectivity index (χ0) is 9.84. The summed E-state index contributed by atoms with van der Waals surface area (Å²) in [6, 6.07) is 8.97. The molecule has 0 aliphatic rings. The van der Waals surface area contributed by atoms with Gasteiger partial charge in [0.1, 0.15) is 0 Å². The third-order valence-electron chi connectivity index (χ3n) is 2.43. The highest BCUT2D eigenvalue weighted by molar-refractivity contribution is 5.45. The molecule has 1 rings (SSSR count). The van der Waals surface area contributed by atoms with E-state index >= 15 is 0 Å². The summed E-state index contributed by atoms with van der Waals surface area (Å²) in [5.74, 6) is 0. The van der Waals surface area contributed by atoms with Gasteiger partial charge in [0.15, 0.2) is 0 Å². The second kappa shape index (κ2) is 4.28. The van der Waals surface area contributed by atoms with Gasteiger partial charge in [-0.25, -0.2) is 0 Å². The van der Waals surface area contributed by atoms with Crippen LogP contribution in [0.4, 0.5) is 5.69 Å². The van der Waals surface area contributed by atoms with Crippen molar-refractivity contribution in [2.24, 2.45) is 0 Å². The lowest BCUT2D eigenvalue weighted by Crippen LogP contribution is -2.16. The molecule has 0 aromatic heterocycles. The predicted molar refractivity (Wildman–Crippen MR) is 58.1 cm³/mol. The number of nitrogens with one attached hydrogen (secondary N) is 1. The first-order valence-electron chi connectivity index (χ1n) is 4.59. The van der Waals surface area contributed by atoms with Gasteiger partial charge in [0, 0.05) is 18.8 Å². The summed E-state index contributed by atoms with van der Waals surface area (Å²) in [6.07, 6.45) is 0. The molecule has 1 N–H and O–H groups in total. The summed E-state index contributed by atoms with van der Waals surface area (Å²) in [5.41, 5.74) is 2.52. The lowest BCUT2D eigenvalue weighted by Gasteiger charge is -2.20. The van der Waals surface area contributed by atoms with E-state index < -0.39 is 0 Å². The minimum atomic E-state index is 0.466. The number of hydrogen-bond acceptors (Lipinski definition) is 2. The molecule has 13 heavy (non-hydrogen) atoms. The number of benzene rings is 1. The molecule has 0 amide bonds. The Morgan fingerprint density at radius 3 is 2.54 bits per heavy atom. The van der Waals surface area contributed by atoms with Crippen molar-refractivity contribution in [1.29, 1.82) is 0 Å². The van der Waals surface area contributed by atoms with Crippen molar-refractivity contribution >= 4 is 5.69 Å². The molecule has 0 aliphatic carbocycles. The normalized spacial score (nSPS) is 13.0. The van der Waals surface area contributed by atoms with Crippen LogP contribution in [0, 0.1) is 0 Å². The monoisotopic (exact) mass is 178 g/mol. The average molecular weight is 178 g/mol. The van der Waals surface area contributed by atoms with E-state index in [2.05, 4.69) is 55.5 Å². The highest BCUT2D eigenvalue weighted by Crippen LogP contribution is 2.20. The number of rotatable bonds is 3. The molecule has 72 valence electrons. The van der Waals surface area contributed by atoms with Gasteiger partial charge in [0.25, 0.3) is 0 Å². The molecule has 0 heterocycles. The minimum Gasteiger partial charge on any atom is -0.388 e. The molecule has 0 aliphatic heterocycles. The van der Waals surface area contributed by atoms with Gasteiger partial charge in [-0.05, 0) is 38.7 Å². The molecule has 1 unspecified atom stereocenters. The third kappa shape index (κ3) is 2.46. The van der Waals surface area contributed by atoms with Crippen LogP contribution in [0.25, 0.3) is 0 Å². The molecule has 1 atom stereocenters. The molecule has 0 radical (unpaired) electrons. The Balaban J connectivity index is 2.88. The molecule has 0 saturated carbocycles. The zero-order valence-corrected chi connectivity index (χ0v) is 8.83. The molecular weight excluding hydrogens is 160 g/mol. The number of nitrogens with zero attached hydrogens (tertiary/aromatic N) is 1. The van der Waals surface area contributed by atoms with Gasteiger partial charge in [-0.15, -0.1) is 0 Å². The van der Waals surface area contributed by atoms with Crippen LogP contribution in [0.5, 0.6) is 0 Å². The van der Waals surface area contributed by atoms with Crippen LogP contribution < -0.4 is 5.32 Å². The van der Waals surface area contributed by atoms with Gasteiger partial charge in [0.2, 0.25) is 0 Å². The van der Waals surface area contributed by atoms with Gasteiger partial charge < -0.3 is 10.2 Å². The quantitative estimate of drug-likeness (QED) is 0.764. The van der Waals surface area contributed by atoms with Crippen LogP contribution in [0.15, 0.2) is 24.3 Å². The number of anilines is 1. The van der Waals surface area contributed by atoms with Crippen LogP contribution in [0.3, 0.4) is 0 Å². The van der Waals surface area contributed by atoms with Crippen molar-refractivity contribution in [3.8, 4) is 0 Å².